The molecule has 0 aliphatic heterocycles. The molecule has 0 aliphatic carbocycles. The maximum absolute atomic E-state index is 12.1. The molecular weight excluding hydrogens is 322 g/mol. The van der Waals surface area contributed by atoms with Crippen LogP contribution < -0.4 is 15.4 Å². The van der Waals surface area contributed by atoms with E-state index in [9.17, 15) is 9.59 Å². The molecule has 134 valence electrons. The molecule has 1 atom stereocenters. The Morgan fingerprint density at radius 1 is 1.28 bits per heavy atom. The summed E-state index contributed by atoms with van der Waals surface area (Å²) < 4.78 is 10.4. The number of hydrogen-bond acceptors (Lipinski definition) is 5. The van der Waals surface area contributed by atoms with Crippen LogP contribution in [0, 0.1) is 0 Å². The van der Waals surface area contributed by atoms with E-state index in [1.165, 1.54) is 4.90 Å². The lowest BCUT2D eigenvalue weighted by atomic mass is 10.2. The molecule has 7 heteroatoms. The Labute approximate surface area is 146 Å². The van der Waals surface area contributed by atoms with Crippen molar-refractivity contribution in [1.29, 1.82) is 0 Å². The van der Waals surface area contributed by atoms with Gasteiger partial charge in [0.25, 0.3) is 0 Å². The first-order chi connectivity index (χ1) is 12.0. The van der Waals surface area contributed by atoms with E-state index >= 15 is 0 Å². The van der Waals surface area contributed by atoms with Crippen LogP contribution >= 0.6 is 0 Å². The molecule has 0 spiro atoms. The van der Waals surface area contributed by atoms with Gasteiger partial charge in [-0.15, -0.1) is 0 Å². The zero-order chi connectivity index (χ0) is 18.2. The van der Waals surface area contributed by atoms with Gasteiger partial charge in [-0.25, -0.2) is 0 Å². The van der Waals surface area contributed by atoms with Gasteiger partial charge in [-0.1, -0.05) is 6.07 Å². The normalized spacial score (nSPS) is 11.6. The number of carbonyl (C=O) groups is 2. The first kappa shape index (κ1) is 18.5. The van der Waals surface area contributed by atoms with Crippen molar-refractivity contribution in [1.82, 2.24) is 10.2 Å². The van der Waals surface area contributed by atoms with Gasteiger partial charge in [-0.3, -0.25) is 14.9 Å². The molecule has 0 bridgehead atoms. The van der Waals surface area contributed by atoms with E-state index in [-0.39, 0.29) is 30.9 Å². The van der Waals surface area contributed by atoms with Crippen LogP contribution in [0.25, 0.3) is 0 Å². The number of hydrogen-bond donors (Lipinski definition) is 2. The molecule has 7 nitrogen and oxygen atoms in total. The summed E-state index contributed by atoms with van der Waals surface area (Å²) in [5.74, 6) is 0.951. The molecule has 0 radical (unpaired) electrons. The number of benzene rings is 1. The minimum Gasteiger partial charge on any atom is -0.497 e. The van der Waals surface area contributed by atoms with E-state index in [2.05, 4.69) is 10.6 Å². The molecule has 1 heterocycles. The van der Waals surface area contributed by atoms with E-state index in [1.807, 2.05) is 13.0 Å². The van der Waals surface area contributed by atoms with Crippen LogP contribution in [-0.4, -0.2) is 44.0 Å². The summed E-state index contributed by atoms with van der Waals surface area (Å²) in [7, 11) is 3.15. The monoisotopic (exact) mass is 345 g/mol. The average Bonchev–Trinajstić information content (AvgIpc) is 3.14. The number of nitrogens with zero attached hydrogens (tertiary/aromatic N) is 1. The smallest absolute Gasteiger partial charge is 0.243 e. The van der Waals surface area contributed by atoms with Crippen LogP contribution in [0.3, 0.4) is 0 Å². The van der Waals surface area contributed by atoms with Crippen molar-refractivity contribution in [3.8, 4) is 5.75 Å². The molecule has 0 saturated carbocycles. The third-order valence-electron chi connectivity index (χ3n) is 3.69. The number of nitrogens with one attached hydrogen (secondary N) is 2. The molecule has 2 N–H and O–H groups in total. The highest BCUT2D eigenvalue weighted by atomic mass is 16.5. The molecule has 25 heavy (non-hydrogen) atoms. The van der Waals surface area contributed by atoms with Crippen molar-refractivity contribution in [2.45, 2.75) is 13.0 Å². The van der Waals surface area contributed by atoms with Crippen LogP contribution in [0.15, 0.2) is 47.1 Å². The second-order valence-electron chi connectivity index (χ2n) is 5.65. The molecule has 2 amide bonds. The zero-order valence-electron chi connectivity index (χ0n) is 14.6. The maximum atomic E-state index is 12.1. The summed E-state index contributed by atoms with van der Waals surface area (Å²) in [5.41, 5.74) is 0.620. The number of carbonyl (C=O) groups excluding carboxylic acids is 2. The van der Waals surface area contributed by atoms with Gasteiger partial charge in [0.05, 0.1) is 32.5 Å². The number of anilines is 1. The van der Waals surface area contributed by atoms with E-state index in [1.54, 1.807) is 50.8 Å². The van der Waals surface area contributed by atoms with Crippen molar-refractivity contribution in [2.24, 2.45) is 0 Å². The van der Waals surface area contributed by atoms with Gasteiger partial charge in [-0.2, -0.15) is 0 Å². The van der Waals surface area contributed by atoms with E-state index in [4.69, 9.17) is 9.15 Å². The molecule has 0 fully saturated rings. The number of rotatable bonds is 8. The highest BCUT2D eigenvalue weighted by Gasteiger charge is 2.15. The molecule has 1 aromatic heterocycles. The topological polar surface area (TPSA) is 83.8 Å². The van der Waals surface area contributed by atoms with Gasteiger partial charge in [0, 0.05) is 18.8 Å². The SMILES string of the molecule is COc1cccc(NC(=O)CN(C)C(=O)CN[C@@H](C)c2ccco2)c1. The number of likely N-dealkylation sites (N-methyl/N-ethyl adjacent to an activating group) is 1. The highest BCUT2D eigenvalue weighted by Crippen LogP contribution is 2.16. The Balaban J connectivity index is 1.78. The lowest BCUT2D eigenvalue weighted by Crippen LogP contribution is -2.40. The number of furan rings is 1. The van der Waals surface area contributed by atoms with Crippen molar-refractivity contribution in [3.63, 3.8) is 0 Å². The number of amides is 2. The van der Waals surface area contributed by atoms with E-state index in [0.717, 1.165) is 5.76 Å². The second-order valence-corrected chi connectivity index (χ2v) is 5.65. The average molecular weight is 345 g/mol. The molecule has 2 aromatic rings. The van der Waals surface area contributed by atoms with E-state index in [0.29, 0.717) is 11.4 Å². The van der Waals surface area contributed by atoms with Gasteiger partial charge in [0.1, 0.15) is 11.5 Å². The van der Waals surface area contributed by atoms with Crippen molar-refractivity contribution in [3.05, 3.63) is 48.4 Å². The summed E-state index contributed by atoms with van der Waals surface area (Å²) in [6.45, 7) is 1.99. The van der Waals surface area contributed by atoms with Crippen LogP contribution in [0.1, 0.15) is 18.7 Å². The lowest BCUT2D eigenvalue weighted by Gasteiger charge is -2.18. The third kappa shape index (κ3) is 5.65. The number of ether oxygens (including phenoxy) is 1. The molecule has 0 saturated heterocycles. The fourth-order valence-electron chi connectivity index (χ4n) is 2.22. The fraction of sp³-hybridized carbons (Fsp3) is 0.333. The summed E-state index contributed by atoms with van der Waals surface area (Å²) >= 11 is 0. The predicted molar refractivity (Wildman–Crippen MR) is 94.4 cm³/mol. The first-order valence-electron chi connectivity index (χ1n) is 7.94. The van der Waals surface area contributed by atoms with Crippen molar-refractivity contribution < 1.29 is 18.7 Å². The summed E-state index contributed by atoms with van der Waals surface area (Å²) in [6.07, 6.45) is 1.59. The van der Waals surface area contributed by atoms with E-state index < -0.39 is 0 Å². The van der Waals surface area contributed by atoms with Crippen molar-refractivity contribution in [2.75, 3.05) is 32.6 Å². The summed E-state index contributed by atoms with van der Waals surface area (Å²) in [4.78, 5) is 25.6. The lowest BCUT2D eigenvalue weighted by molar-refractivity contribution is -0.132. The summed E-state index contributed by atoms with van der Waals surface area (Å²) in [5, 5.41) is 5.81. The maximum Gasteiger partial charge on any atom is 0.243 e. The van der Waals surface area contributed by atoms with Crippen LogP contribution in [0.4, 0.5) is 5.69 Å². The van der Waals surface area contributed by atoms with Crippen LogP contribution in [-0.2, 0) is 9.59 Å². The highest BCUT2D eigenvalue weighted by molar-refractivity contribution is 5.94. The van der Waals surface area contributed by atoms with Crippen molar-refractivity contribution >= 4 is 17.5 Å². The van der Waals surface area contributed by atoms with Gasteiger partial charge < -0.3 is 19.4 Å². The minimum absolute atomic E-state index is 0.0349. The Bertz CT molecular complexity index is 700. The molecule has 0 aliphatic rings. The zero-order valence-corrected chi connectivity index (χ0v) is 14.6. The largest absolute Gasteiger partial charge is 0.497 e. The Morgan fingerprint density at radius 2 is 2.08 bits per heavy atom. The van der Waals surface area contributed by atoms with Gasteiger partial charge >= 0.3 is 0 Å². The first-order valence-corrected chi connectivity index (χ1v) is 7.94. The number of methoxy groups -OCH3 is 1. The Hall–Kier alpha value is -2.80. The molecular formula is C18H23N3O4. The predicted octanol–water partition coefficient (Wildman–Crippen LogP) is 2.04. The van der Waals surface area contributed by atoms with Gasteiger partial charge in [-0.05, 0) is 31.2 Å². The van der Waals surface area contributed by atoms with Gasteiger partial charge in [0.2, 0.25) is 11.8 Å². The molecule has 2 rings (SSSR count). The van der Waals surface area contributed by atoms with Crippen LogP contribution in [0.2, 0.25) is 0 Å². The fourth-order valence-corrected chi connectivity index (χ4v) is 2.22. The quantitative estimate of drug-likeness (QED) is 0.765. The van der Waals surface area contributed by atoms with Crippen LogP contribution in [0.5, 0.6) is 5.75 Å². The summed E-state index contributed by atoms with van der Waals surface area (Å²) in [6, 6.07) is 10.6. The Kier molecular flexibility index (Phi) is 6.59. The molecule has 1 aromatic carbocycles. The minimum atomic E-state index is -0.275. The standard InChI is InChI=1S/C18H23N3O4/c1-13(16-8-5-9-25-16)19-11-18(23)21(2)12-17(22)20-14-6-4-7-15(10-14)24-3/h4-10,13,19H,11-12H2,1-3H3,(H,20,22)/t13-/m0/s1. The van der Waals surface area contributed by atoms with Gasteiger partial charge in [0.15, 0.2) is 0 Å². The molecule has 0 unspecified atom stereocenters. The Morgan fingerprint density at radius 3 is 2.76 bits per heavy atom. The third-order valence-corrected chi connectivity index (χ3v) is 3.69. The second kappa shape index (κ2) is 8.89.